The first-order valence-corrected chi connectivity index (χ1v) is 9.33. The Balaban J connectivity index is 1.63. The zero-order chi connectivity index (χ0) is 22.3. The standard InChI is InChI=1S/C19H18F3N7O2/c1-3-29-13-8-10(31-19(20,21)22)4-5-12(13)28(2)14(29)9-25-18(30)15-16(23)27-17-11(26-15)6-7-24-17/h4-8H,3,9H2,1-2H3,(H3-,23,24,25,26,27,30)/p+1. The summed E-state index contributed by atoms with van der Waals surface area (Å²) in [6.45, 7) is 2.42. The summed E-state index contributed by atoms with van der Waals surface area (Å²) < 4.78 is 45.4. The molecule has 0 saturated heterocycles. The van der Waals surface area contributed by atoms with Gasteiger partial charge in [-0.2, -0.15) is 0 Å². The van der Waals surface area contributed by atoms with E-state index in [4.69, 9.17) is 5.73 Å². The molecule has 3 heterocycles. The molecule has 0 spiro atoms. The van der Waals surface area contributed by atoms with Crippen LogP contribution in [0.2, 0.25) is 0 Å². The van der Waals surface area contributed by atoms with Gasteiger partial charge in [-0.3, -0.25) is 4.79 Å². The van der Waals surface area contributed by atoms with Gasteiger partial charge in [-0.25, -0.2) is 19.1 Å². The maximum atomic E-state index is 12.7. The van der Waals surface area contributed by atoms with Crippen LogP contribution in [0.1, 0.15) is 23.2 Å². The number of H-pyrrole nitrogens is 1. The van der Waals surface area contributed by atoms with Crippen LogP contribution >= 0.6 is 0 Å². The van der Waals surface area contributed by atoms with Gasteiger partial charge in [0, 0.05) is 12.3 Å². The molecule has 0 aliphatic carbocycles. The summed E-state index contributed by atoms with van der Waals surface area (Å²) >= 11 is 0. The second-order valence-corrected chi connectivity index (χ2v) is 6.77. The summed E-state index contributed by atoms with van der Waals surface area (Å²) in [6, 6.07) is 5.78. The third kappa shape index (κ3) is 3.83. The Hall–Kier alpha value is -3.83. The number of ether oxygens (including phenoxy) is 1. The van der Waals surface area contributed by atoms with Crippen molar-refractivity contribution in [2.75, 3.05) is 5.73 Å². The highest BCUT2D eigenvalue weighted by Gasteiger charge is 2.32. The molecule has 162 valence electrons. The van der Waals surface area contributed by atoms with Crippen molar-refractivity contribution in [3.05, 3.63) is 42.0 Å². The Morgan fingerprint density at radius 1 is 1.32 bits per heavy atom. The summed E-state index contributed by atoms with van der Waals surface area (Å²) in [4.78, 5) is 23.9. The number of nitrogens with two attached hydrogens (primary N) is 1. The van der Waals surface area contributed by atoms with E-state index in [1.54, 1.807) is 28.4 Å². The first-order valence-electron chi connectivity index (χ1n) is 9.33. The minimum absolute atomic E-state index is 0.00484. The molecule has 31 heavy (non-hydrogen) atoms. The number of carbonyl (C=O) groups excluding carboxylic acids is 1. The molecule has 12 heteroatoms. The number of alkyl halides is 3. The van der Waals surface area contributed by atoms with Crippen LogP contribution in [-0.2, 0) is 20.1 Å². The van der Waals surface area contributed by atoms with Gasteiger partial charge in [0.25, 0.3) is 11.7 Å². The van der Waals surface area contributed by atoms with Crippen LogP contribution in [0.3, 0.4) is 0 Å². The maximum Gasteiger partial charge on any atom is 0.573 e. The molecule has 0 aliphatic rings. The lowest BCUT2D eigenvalue weighted by molar-refractivity contribution is -0.654. The Labute approximate surface area is 173 Å². The molecule has 0 saturated carbocycles. The quantitative estimate of drug-likeness (QED) is 0.417. The number of aromatic amines is 1. The molecule has 0 unspecified atom stereocenters. The number of carbonyl (C=O) groups is 1. The number of hydrogen-bond acceptors (Lipinski definition) is 5. The van der Waals surface area contributed by atoms with E-state index in [1.165, 1.54) is 18.2 Å². The number of rotatable bonds is 5. The van der Waals surface area contributed by atoms with Crippen molar-refractivity contribution in [3.63, 3.8) is 0 Å². The lowest BCUT2D eigenvalue weighted by Crippen LogP contribution is -2.38. The molecular formula is C19H19F3N7O2+. The summed E-state index contributed by atoms with van der Waals surface area (Å²) in [5, 5.41) is 2.76. The number of aromatic nitrogens is 5. The topological polar surface area (TPSA) is 115 Å². The number of nitrogens with one attached hydrogen (secondary N) is 2. The molecule has 0 bridgehead atoms. The van der Waals surface area contributed by atoms with Crippen LogP contribution in [0.5, 0.6) is 5.75 Å². The Bertz CT molecular complexity index is 1290. The average molecular weight is 434 g/mol. The van der Waals surface area contributed by atoms with Gasteiger partial charge in [0.2, 0.25) is 0 Å². The van der Waals surface area contributed by atoms with Gasteiger partial charge in [-0.15, -0.1) is 13.2 Å². The summed E-state index contributed by atoms with van der Waals surface area (Å²) in [7, 11) is 1.76. The number of amides is 1. The first-order chi connectivity index (χ1) is 14.7. The van der Waals surface area contributed by atoms with Crippen molar-refractivity contribution in [2.24, 2.45) is 7.05 Å². The smallest absolute Gasteiger partial charge is 0.406 e. The number of imidazole rings is 1. The predicted molar refractivity (Wildman–Crippen MR) is 105 cm³/mol. The fourth-order valence-corrected chi connectivity index (χ4v) is 3.52. The van der Waals surface area contributed by atoms with Crippen molar-refractivity contribution in [1.29, 1.82) is 0 Å². The molecule has 0 atom stereocenters. The Morgan fingerprint density at radius 2 is 2.10 bits per heavy atom. The van der Waals surface area contributed by atoms with E-state index in [0.717, 1.165) is 0 Å². The van der Waals surface area contributed by atoms with E-state index in [-0.39, 0.29) is 23.8 Å². The van der Waals surface area contributed by atoms with E-state index in [9.17, 15) is 18.0 Å². The van der Waals surface area contributed by atoms with E-state index < -0.39 is 12.3 Å². The number of nitrogen functional groups attached to an aromatic ring is 1. The van der Waals surface area contributed by atoms with Crippen molar-refractivity contribution in [2.45, 2.75) is 26.4 Å². The maximum absolute atomic E-state index is 12.7. The minimum Gasteiger partial charge on any atom is -0.406 e. The molecular weight excluding hydrogens is 415 g/mol. The van der Waals surface area contributed by atoms with Crippen molar-refractivity contribution >= 4 is 33.9 Å². The molecule has 4 N–H and O–H groups in total. The van der Waals surface area contributed by atoms with E-state index in [0.29, 0.717) is 34.6 Å². The number of hydrogen-bond donors (Lipinski definition) is 3. The molecule has 0 aliphatic heterocycles. The van der Waals surface area contributed by atoms with E-state index in [1.807, 2.05) is 6.92 Å². The van der Waals surface area contributed by atoms with Crippen LogP contribution in [0.25, 0.3) is 22.2 Å². The second-order valence-electron chi connectivity index (χ2n) is 6.77. The van der Waals surface area contributed by atoms with Gasteiger partial charge in [-0.1, -0.05) is 0 Å². The van der Waals surface area contributed by atoms with E-state index in [2.05, 4.69) is 25.0 Å². The van der Waals surface area contributed by atoms with Crippen molar-refractivity contribution in [1.82, 2.24) is 24.8 Å². The fourth-order valence-electron chi connectivity index (χ4n) is 3.52. The van der Waals surface area contributed by atoms with Crippen LogP contribution in [0.4, 0.5) is 19.0 Å². The second kappa shape index (κ2) is 7.45. The van der Waals surface area contributed by atoms with Gasteiger partial charge in [0.05, 0.1) is 13.6 Å². The lowest BCUT2D eigenvalue weighted by atomic mass is 10.3. The third-order valence-corrected chi connectivity index (χ3v) is 4.88. The largest absolute Gasteiger partial charge is 0.573 e. The number of fused-ring (bicyclic) bond motifs is 2. The fraction of sp³-hybridized carbons (Fsp3) is 0.263. The van der Waals surface area contributed by atoms with Crippen LogP contribution in [0, 0.1) is 0 Å². The van der Waals surface area contributed by atoms with Crippen LogP contribution in [0.15, 0.2) is 30.5 Å². The Kier molecular flexibility index (Phi) is 4.91. The SMILES string of the molecule is CCn1c(CNC(=O)c2nc3cc[nH]c3nc2N)[n+](C)c2ccc(OC(F)(F)F)cc21. The number of anilines is 1. The van der Waals surface area contributed by atoms with E-state index >= 15 is 0 Å². The number of aryl methyl sites for hydroxylation is 2. The lowest BCUT2D eigenvalue weighted by Gasteiger charge is -2.08. The number of nitrogens with zero attached hydrogens (tertiary/aromatic N) is 4. The first kappa shape index (κ1) is 20.4. The van der Waals surface area contributed by atoms with Crippen molar-refractivity contribution < 1.29 is 27.3 Å². The highest BCUT2D eigenvalue weighted by molar-refractivity contribution is 5.98. The van der Waals surface area contributed by atoms with Gasteiger partial charge in [-0.05, 0) is 25.1 Å². The average Bonchev–Trinajstić information content (AvgIpc) is 3.25. The molecule has 1 aromatic carbocycles. The molecule has 1 amide bonds. The highest BCUT2D eigenvalue weighted by atomic mass is 19.4. The molecule has 4 rings (SSSR count). The normalized spacial score (nSPS) is 11.9. The molecule has 0 radical (unpaired) electrons. The zero-order valence-electron chi connectivity index (χ0n) is 16.6. The molecule has 9 nitrogen and oxygen atoms in total. The Morgan fingerprint density at radius 3 is 2.81 bits per heavy atom. The third-order valence-electron chi connectivity index (χ3n) is 4.88. The number of benzene rings is 1. The zero-order valence-corrected chi connectivity index (χ0v) is 16.6. The molecule has 3 aromatic heterocycles. The highest BCUT2D eigenvalue weighted by Crippen LogP contribution is 2.26. The summed E-state index contributed by atoms with van der Waals surface area (Å²) in [5.74, 6) is -0.167. The summed E-state index contributed by atoms with van der Waals surface area (Å²) in [6.07, 6.45) is -3.14. The van der Waals surface area contributed by atoms with Gasteiger partial charge in [0.15, 0.2) is 28.2 Å². The molecule has 4 aromatic rings. The summed E-state index contributed by atoms with van der Waals surface area (Å²) in [5.41, 5.74) is 8.07. The van der Waals surface area contributed by atoms with Crippen LogP contribution < -0.4 is 20.4 Å². The van der Waals surface area contributed by atoms with Gasteiger partial charge >= 0.3 is 6.36 Å². The monoisotopic (exact) mass is 434 g/mol. The van der Waals surface area contributed by atoms with Crippen LogP contribution in [-0.4, -0.2) is 31.8 Å². The molecule has 0 fully saturated rings. The predicted octanol–water partition coefficient (Wildman–Crippen LogP) is 2.17. The van der Waals surface area contributed by atoms with Gasteiger partial charge in [0.1, 0.15) is 17.8 Å². The van der Waals surface area contributed by atoms with Crippen molar-refractivity contribution in [3.8, 4) is 5.75 Å². The van der Waals surface area contributed by atoms with Gasteiger partial charge < -0.3 is 20.8 Å². The minimum atomic E-state index is -4.78. The number of halogens is 3.